The van der Waals surface area contributed by atoms with Crippen LogP contribution in [0.4, 0.5) is 5.69 Å². The molecule has 0 radical (unpaired) electrons. The van der Waals surface area contributed by atoms with Gasteiger partial charge in [0.05, 0.1) is 12.4 Å². The monoisotopic (exact) mass is 301 g/mol. The highest BCUT2D eigenvalue weighted by molar-refractivity contribution is 7.92. The highest BCUT2D eigenvalue weighted by atomic mass is 32.2. The Labute approximate surface area is 118 Å². The summed E-state index contributed by atoms with van der Waals surface area (Å²) in [7, 11) is -3.42. The van der Waals surface area contributed by atoms with Crippen LogP contribution >= 0.6 is 0 Å². The molecule has 0 aliphatic rings. The fourth-order valence-electron chi connectivity index (χ4n) is 1.32. The Bertz CT molecular complexity index is 528. The molecule has 0 aliphatic heterocycles. The summed E-state index contributed by atoms with van der Waals surface area (Å²) in [5.41, 5.74) is 5.61. The third kappa shape index (κ3) is 6.39. The quantitative estimate of drug-likeness (QED) is 0.354. The summed E-state index contributed by atoms with van der Waals surface area (Å²) in [5, 5.41) is 7.03. The van der Waals surface area contributed by atoms with Gasteiger partial charge in [0.1, 0.15) is 18.2 Å². The second kappa shape index (κ2) is 7.71. The summed E-state index contributed by atoms with van der Waals surface area (Å²) in [5.74, 6) is 0.340. The van der Waals surface area contributed by atoms with E-state index in [0.717, 1.165) is 0 Å². The molecule has 1 rings (SSSR count). The average Bonchev–Trinajstić information content (AvgIpc) is 2.37. The van der Waals surface area contributed by atoms with E-state index in [9.17, 15) is 8.42 Å². The van der Waals surface area contributed by atoms with Gasteiger partial charge in [0.2, 0.25) is 10.0 Å². The summed E-state index contributed by atoms with van der Waals surface area (Å²) < 4.78 is 36.0. The maximum atomic E-state index is 11.7. The predicted octanol–water partition coefficient (Wildman–Crippen LogP) is 0.780. The van der Waals surface area contributed by atoms with Gasteiger partial charge in [-0.25, -0.2) is 8.42 Å². The number of sulfonamides is 1. The molecule has 0 saturated carbocycles. The number of hydrogen-bond acceptors (Lipinski definition) is 5. The Hall–Kier alpha value is -1.80. The molecule has 0 fully saturated rings. The normalized spacial score (nSPS) is 11.1. The number of ether oxygens (including phenoxy) is 2. The van der Waals surface area contributed by atoms with Gasteiger partial charge in [-0.15, -0.1) is 0 Å². The largest absolute Gasteiger partial charge is 0.486 e. The van der Waals surface area contributed by atoms with E-state index in [2.05, 4.69) is 4.72 Å². The van der Waals surface area contributed by atoms with Crippen LogP contribution in [0.2, 0.25) is 0 Å². The van der Waals surface area contributed by atoms with E-state index in [0.29, 0.717) is 18.0 Å². The molecular formula is C12H19N3O4S. The van der Waals surface area contributed by atoms with E-state index in [1.54, 1.807) is 31.2 Å². The van der Waals surface area contributed by atoms with Crippen molar-refractivity contribution >= 4 is 21.5 Å². The zero-order valence-electron chi connectivity index (χ0n) is 11.3. The lowest BCUT2D eigenvalue weighted by Crippen LogP contribution is -2.20. The van der Waals surface area contributed by atoms with E-state index < -0.39 is 10.0 Å². The van der Waals surface area contributed by atoms with Crippen LogP contribution in [0.25, 0.3) is 0 Å². The van der Waals surface area contributed by atoms with Gasteiger partial charge < -0.3 is 15.2 Å². The van der Waals surface area contributed by atoms with E-state index in [4.69, 9.17) is 20.6 Å². The molecule has 1 aromatic carbocycles. The van der Waals surface area contributed by atoms with Crippen LogP contribution < -0.4 is 15.2 Å². The van der Waals surface area contributed by atoms with Crippen molar-refractivity contribution in [3.05, 3.63) is 24.3 Å². The number of rotatable bonds is 9. The van der Waals surface area contributed by atoms with Crippen molar-refractivity contribution in [3.8, 4) is 5.75 Å². The first-order chi connectivity index (χ1) is 9.43. The zero-order chi connectivity index (χ0) is 15.0. The van der Waals surface area contributed by atoms with Crippen molar-refractivity contribution in [1.29, 1.82) is 5.41 Å². The molecule has 7 nitrogen and oxygen atoms in total. The van der Waals surface area contributed by atoms with Gasteiger partial charge in [0.15, 0.2) is 0 Å². The average molecular weight is 301 g/mol. The van der Waals surface area contributed by atoms with Crippen molar-refractivity contribution in [1.82, 2.24) is 0 Å². The maximum absolute atomic E-state index is 11.7. The van der Waals surface area contributed by atoms with E-state index in [1.165, 1.54) is 0 Å². The Balaban J connectivity index is 2.54. The highest BCUT2D eigenvalue weighted by Gasteiger charge is 2.10. The van der Waals surface area contributed by atoms with Crippen LogP contribution in [0.5, 0.6) is 5.75 Å². The molecule has 0 unspecified atom stereocenters. The van der Waals surface area contributed by atoms with Gasteiger partial charge in [-0.1, -0.05) is 0 Å². The number of nitrogens with two attached hydrogens (primary N) is 1. The lowest BCUT2D eigenvalue weighted by atomic mass is 10.3. The van der Waals surface area contributed by atoms with Crippen LogP contribution in [0, 0.1) is 5.41 Å². The molecule has 0 aliphatic carbocycles. The van der Waals surface area contributed by atoms with E-state index in [1.807, 2.05) is 0 Å². The molecule has 0 spiro atoms. The maximum Gasteiger partial charge on any atom is 0.234 e. The minimum atomic E-state index is -3.42. The standard InChI is InChI=1S/C12H19N3O4S/c1-2-18-7-8-20(16,17)15-10-3-5-11(6-4-10)19-9-12(13)14/h3-6,15H,2,7-9H2,1H3,(H3,13,14). The first kappa shape index (κ1) is 16.3. The van der Waals surface area contributed by atoms with Gasteiger partial charge in [-0.05, 0) is 31.2 Å². The molecule has 0 bridgehead atoms. The highest BCUT2D eigenvalue weighted by Crippen LogP contribution is 2.16. The summed E-state index contributed by atoms with van der Waals surface area (Å²) >= 11 is 0. The van der Waals surface area contributed by atoms with Crippen LogP contribution in [0.3, 0.4) is 0 Å². The molecule has 0 aromatic heterocycles. The first-order valence-electron chi connectivity index (χ1n) is 6.07. The number of hydrogen-bond donors (Lipinski definition) is 3. The number of amidine groups is 1. The summed E-state index contributed by atoms with van der Waals surface area (Å²) in [6, 6.07) is 6.36. The van der Waals surface area contributed by atoms with Gasteiger partial charge in [-0.2, -0.15) is 0 Å². The van der Waals surface area contributed by atoms with Crippen molar-refractivity contribution in [2.24, 2.45) is 5.73 Å². The van der Waals surface area contributed by atoms with Crippen LogP contribution in [0.15, 0.2) is 24.3 Å². The summed E-state index contributed by atoms with van der Waals surface area (Å²) in [4.78, 5) is 0. The molecule has 0 saturated heterocycles. The lowest BCUT2D eigenvalue weighted by Gasteiger charge is -2.09. The third-order valence-corrected chi connectivity index (χ3v) is 3.47. The Kier molecular flexibility index (Phi) is 6.26. The Morgan fingerprint density at radius 3 is 2.55 bits per heavy atom. The number of anilines is 1. The van der Waals surface area contributed by atoms with Crippen LogP contribution in [-0.4, -0.2) is 39.8 Å². The lowest BCUT2D eigenvalue weighted by molar-refractivity contribution is 0.163. The van der Waals surface area contributed by atoms with Gasteiger partial charge >= 0.3 is 0 Å². The first-order valence-corrected chi connectivity index (χ1v) is 7.72. The van der Waals surface area contributed by atoms with Crippen molar-refractivity contribution in [2.45, 2.75) is 6.92 Å². The molecule has 112 valence electrons. The van der Waals surface area contributed by atoms with Gasteiger partial charge in [0, 0.05) is 12.3 Å². The van der Waals surface area contributed by atoms with E-state index in [-0.39, 0.29) is 24.8 Å². The molecule has 0 amide bonds. The number of benzene rings is 1. The Morgan fingerprint density at radius 2 is 2.00 bits per heavy atom. The minimum absolute atomic E-state index is 0.000565. The fourth-order valence-corrected chi connectivity index (χ4v) is 2.26. The molecule has 0 atom stereocenters. The predicted molar refractivity (Wildman–Crippen MR) is 77.8 cm³/mol. The smallest absolute Gasteiger partial charge is 0.234 e. The van der Waals surface area contributed by atoms with Crippen LogP contribution in [-0.2, 0) is 14.8 Å². The fraction of sp³-hybridized carbons (Fsp3) is 0.417. The van der Waals surface area contributed by atoms with Crippen molar-refractivity contribution < 1.29 is 17.9 Å². The Morgan fingerprint density at radius 1 is 1.35 bits per heavy atom. The van der Waals surface area contributed by atoms with E-state index >= 15 is 0 Å². The third-order valence-electron chi connectivity index (χ3n) is 2.22. The van der Waals surface area contributed by atoms with Gasteiger partial charge in [-0.3, -0.25) is 10.1 Å². The molecule has 8 heteroatoms. The molecule has 0 heterocycles. The molecule has 20 heavy (non-hydrogen) atoms. The second-order valence-electron chi connectivity index (χ2n) is 3.96. The van der Waals surface area contributed by atoms with Gasteiger partial charge in [0.25, 0.3) is 0 Å². The topological polar surface area (TPSA) is 115 Å². The van der Waals surface area contributed by atoms with Crippen molar-refractivity contribution in [2.75, 3.05) is 30.3 Å². The minimum Gasteiger partial charge on any atom is -0.486 e. The molecule has 4 N–H and O–H groups in total. The SMILES string of the molecule is CCOCCS(=O)(=O)Nc1ccc(OCC(=N)N)cc1. The van der Waals surface area contributed by atoms with Crippen molar-refractivity contribution in [3.63, 3.8) is 0 Å². The molecule has 1 aromatic rings. The molecular weight excluding hydrogens is 282 g/mol. The summed E-state index contributed by atoms with van der Waals surface area (Å²) in [6.07, 6.45) is 0. The second-order valence-corrected chi connectivity index (χ2v) is 5.80. The summed E-state index contributed by atoms with van der Waals surface area (Å²) in [6.45, 7) is 2.45. The van der Waals surface area contributed by atoms with Crippen LogP contribution in [0.1, 0.15) is 6.92 Å². The zero-order valence-corrected chi connectivity index (χ0v) is 12.1. The number of nitrogens with one attached hydrogen (secondary N) is 2.